The van der Waals surface area contributed by atoms with Gasteiger partial charge < -0.3 is 17.2 Å². The average Bonchev–Trinajstić information content (AvgIpc) is 2.11. The van der Waals surface area contributed by atoms with Gasteiger partial charge in [0.25, 0.3) is 0 Å². The summed E-state index contributed by atoms with van der Waals surface area (Å²) in [7, 11) is 0. The molecule has 1 aromatic heterocycles. The maximum absolute atomic E-state index is 5.67. The van der Waals surface area contributed by atoms with E-state index in [0.717, 1.165) is 31.4 Å². The minimum Gasteiger partial charge on any atom is -0.397 e. The van der Waals surface area contributed by atoms with Gasteiger partial charge in [-0.2, -0.15) is 0 Å². The van der Waals surface area contributed by atoms with Gasteiger partial charge in [-0.3, -0.25) is 0 Å². The molecule has 0 bridgehead atoms. The fourth-order valence-electron chi connectivity index (χ4n) is 1.20. The van der Waals surface area contributed by atoms with Crippen LogP contribution in [0.25, 0.3) is 0 Å². The molecule has 0 aliphatic carbocycles. The van der Waals surface area contributed by atoms with Crippen LogP contribution in [0.15, 0.2) is 12.3 Å². The Labute approximate surface area is 78.1 Å². The highest BCUT2D eigenvalue weighted by atomic mass is 14.8. The third kappa shape index (κ3) is 2.91. The Kier molecular flexibility index (Phi) is 3.52. The van der Waals surface area contributed by atoms with Gasteiger partial charge in [0.05, 0.1) is 11.9 Å². The summed E-state index contributed by atoms with van der Waals surface area (Å²) in [6, 6.07) is 1.87. The van der Waals surface area contributed by atoms with Gasteiger partial charge in [-0.25, -0.2) is 4.98 Å². The van der Waals surface area contributed by atoms with Crippen LogP contribution in [0.5, 0.6) is 0 Å². The molecule has 0 saturated carbocycles. The second kappa shape index (κ2) is 4.67. The van der Waals surface area contributed by atoms with Gasteiger partial charge in [-0.05, 0) is 37.4 Å². The predicted octanol–water partition coefficient (Wildman–Crippen LogP) is 0.527. The Morgan fingerprint density at radius 2 is 2.00 bits per heavy atom. The van der Waals surface area contributed by atoms with Crippen molar-refractivity contribution in [2.24, 2.45) is 5.73 Å². The number of aromatic nitrogens is 1. The van der Waals surface area contributed by atoms with E-state index in [0.29, 0.717) is 11.5 Å². The van der Waals surface area contributed by atoms with Gasteiger partial charge in [0.1, 0.15) is 5.82 Å². The first-order chi connectivity index (χ1) is 6.24. The average molecular weight is 180 g/mol. The van der Waals surface area contributed by atoms with Crippen molar-refractivity contribution < 1.29 is 0 Å². The molecular weight excluding hydrogens is 164 g/mol. The normalized spacial score (nSPS) is 10.2. The molecule has 6 N–H and O–H groups in total. The molecule has 13 heavy (non-hydrogen) atoms. The maximum atomic E-state index is 5.67. The van der Waals surface area contributed by atoms with Crippen LogP contribution in [0.4, 0.5) is 11.5 Å². The van der Waals surface area contributed by atoms with Crippen LogP contribution in [0, 0.1) is 0 Å². The minimum absolute atomic E-state index is 0.575. The molecule has 1 rings (SSSR count). The Morgan fingerprint density at radius 1 is 1.23 bits per heavy atom. The van der Waals surface area contributed by atoms with Gasteiger partial charge in [0.15, 0.2) is 0 Å². The zero-order valence-corrected chi connectivity index (χ0v) is 7.66. The van der Waals surface area contributed by atoms with Crippen LogP contribution in [-0.4, -0.2) is 11.5 Å². The van der Waals surface area contributed by atoms with Crippen molar-refractivity contribution >= 4 is 11.5 Å². The monoisotopic (exact) mass is 180 g/mol. The topological polar surface area (TPSA) is 91.0 Å². The fourth-order valence-corrected chi connectivity index (χ4v) is 1.20. The second-order valence-electron chi connectivity index (χ2n) is 3.06. The zero-order chi connectivity index (χ0) is 9.68. The Hall–Kier alpha value is -1.29. The first-order valence-electron chi connectivity index (χ1n) is 4.44. The molecule has 0 amide bonds. The molecule has 4 heteroatoms. The summed E-state index contributed by atoms with van der Waals surface area (Å²) in [4.78, 5) is 3.98. The third-order valence-corrected chi connectivity index (χ3v) is 1.92. The maximum Gasteiger partial charge on any atom is 0.126 e. The quantitative estimate of drug-likeness (QED) is 0.589. The number of nitrogens with zero attached hydrogens (tertiary/aromatic N) is 1. The molecule has 1 aromatic rings. The molecule has 0 saturated heterocycles. The Bertz CT molecular complexity index is 272. The van der Waals surface area contributed by atoms with Crippen LogP contribution in [-0.2, 0) is 6.42 Å². The summed E-state index contributed by atoms with van der Waals surface area (Å²) in [5.74, 6) is 0.575. The number of nitrogen functional groups attached to an aromatic ring is 2. The third-order valence-electron chi connectivity index (χ3n) is 1.92. The number of nitrogens with two attached hydrogens (primary N) is 3. The lowest BCUT2D eigenvalue weighted by atomic mass is 10.1. The SMILES string of the molecule is NCCCCc1cc(N)cnc1N. The van der Waals surface area contributed by atoms with Gasteiger partial charge in [0, 0.05) is 0 Å². The molecule has 0 unspecified atom stereocenters. The zero-order valence-electron chi connectivity index (χ0n) is 7.66. The number of anilines is 2. The number of rotatable bonds is 4. The predicted molar refractivity (Wildman–Crippen MR) is 55.1 cm³/mol. The highest BCUT2D eigenvalue weighted by molar-refractivity contribution is 5.48. The number of aryl methyl sites for hydroxylation is 1. The first kappa shape index (κ1) is 9.80. The van der Waals surface area contributed by atoms with Gasteiger partial charge in [0.2, 0.25) is 0 Å². The molecule has 1 heterocycles. The van der Waals surface area contributed by atoms with Crippen molar-refractivity contribution in [3.05, 3.63) is 17.8 Å². The van der Waals surface area contributed by atoms with Crippen molar-refractivity contribution in [3.63, 3.8) is 0 Å². The van der Waals surface area contributed by atoms with Gasteiger partial charge >= 0.3 is 0 Å². The van der Waals surface area contributed by atoms with Crippen LogP contribution < -0.4 is 17.2 Å². The lowest BCUT2D eigenvalue weighted by Crippen LogP contribution is -2.02. The Balaban J connectivity index is 2.59. The molecule has 0 spiro atoms. The molecule has 0 atom stereocenters. The highest BCUT2D eigenvalue weighted by Gasteiger charge is 2.00. The largest absolute Gasteiger partial charge is 0.397 e. The summed E-state index contributed by atoms with van der Waals surface area (Å²) in [6.07, 6.45) is 4.52. The molecule has 0 aliphatic rings. The van der Waals surface area contributed by atoms with E-state index in [-0.39, 0.29) is 0 Å². The summed E-state index contributed by atoms with van der Waals surface area (Å²) in [6.45, 7) is 0.718. The summed E-state index contributed by atoms with van der Waals surface area (Å²) >= 11 is 0. The molecule has 0 aliphatic heterocycles. The Morgan fingerprint density at radius 3 is 2.69 bits per heavy atom. The fraction of sp³-hybridized carbons (Fsp3) is 0.444. The second-order valence-corrected chi connectivity index (χ2v) is 3.06. The summed E-state index contributed by atoms with van der Waals surface area (Å²) in [5, 5.41) is 0. The van der Waals surface area contributed by atoms with E-state index < -0.39 is 0 Å². The smallest absolute Gasteiger partial charge is 0.126 e. The standard InChI is InChI=1S/C9H16N4/c10-4-2-1-3-7-5-8(11)6-13-9(7)12/h5-6H,1-4,10-11H2,(H2,12,13). The van der Waals surface area contributed by atoms with Crippen LogP contribution in [0.2, 0.25) is 0 Å². The number of hydrogen-bond acceptors (Lipinski definition) is 4. The molecule has 72 valence electrons. The van der Waals surface area contributed by atoms with E-state index in [1.807, 2.05) is 6.07 Å². The van der Waals surface area contributed by atoms with E-state index in [4.69, 9.17) is 17.2 Å². The number of unbranched alkanes of at least 4 members (excludes halogenated alkanes) is 1. The van der Waals surface area contributed by atoms with E-state index in [1.54, 1.807) is 6.20 Å². The van der Waals surface area contributed by atoms with Crippen molar-refractivity contribution in [2.75, 3.05) is 18.0 Å². The van der Waals surface area contributed by atoms with Crippen LogP contribution in [0.1, 0.15) is 18.4 Å². The number of hydrogen-bond donors (Lipinski definition) is 3. The van der Waals surface area contributed by atoms with Crippen LogP contribution in [0.3, 0.4) is 0 Å². The summed E-state index contributed by atoms with van der Waals surface area (Å²) in [5.41, 5.74) is 18.3. The van der Waals surface area contributed by atoms with Gasteiger partial charge in [-0.1, -0.05) is 0 Å². The van der Waals surface area contributed by atoms with Crippen molar-refractivity contribution in [1.82, 2.24) is 4.98 Å². The van der Waals surface area contributed by atoms with Crippen molar-refractivity contribution in [2.45, 2.75) is 19.3 Å². The highest BCUT2D eigenvalue weighted by Crippen LogP contribution is 2.14. The first-order valence-corrected chi connectivity index (χ1v) is 4.44. The van der Waals surface area contributed by atoms with Gasteiger partial charge in [-0.15, -0.1) is 0 Å². The molecule has 4 nitrogen and oxygen atoms in total. The van der Waals surface area contributed by atoms with E-state index in [1.165, 1.54) is 0 Å². The minimum atomic E-state index is 0.575. The molecule has 0 fully saturated rings. The van der Waals surface area contributed by atoms with E-state index in [9.17, 15) is 0 Å². The van der Waals surface area contributed by atoms with E-state index >= 15 is 0 Å². The van der Waals surface area contributed by atoms with Crippen molar-refractivity contribution in [3.8, 4) is 0 Å². The molecule has 0 radical (unpaired) electrons. The molecule has 0 aromatic carbocycles. The number of pyridine rings is 1. The molecular formula is C9H16N4. The van der Waals surface area contributed by atoms with Crippen molar-refractivity contribution in [1.29, 1.82) is 0 Å². The summed E-state index contributed by atoms with van der Waals surface area (Å²) < 4.78 is 0. The van der Waals surface area contributed by atoms with Crippen LogP contribution >= 0.6 is 0 Å². The lowest BCUT2D eigenvalue weighted by molar-refractivity contribution is 0.744. The van der Waals surface area contributed by atoms with E-state index in [2.05, 4.69) is 4.98 Å². The lowest BCUT2D eigenvalue weighted by Gasteiger charge is -2.04.